The highest BCUT2D eigenvalue weighted by atomic mass is 35.5. The summed E-state index contributed by atoms with van der Waals surface area (Å²) in [4.78, 5) is 20.4. The van der Waals surface area contributed by atoms with Crippen molar-refractivity contribution in [1.82, 2.24) is 9.88 Å². The number of rotatable bonds is 5. The molecule has 0 unspecified atom stereocenters. The minimum atomic E-state index is -0.453. The van der Waals surface area contributed by atoms with E-state index >= 15 is 0 Å². The van der Waals surface area contributed by atoms with E-state index in [9.17, 15) is 4.79 Å². The Labute approximate surface area is 199 Å². The van der Waals surface area contributed by atoms with Gasteiger partial charge < -0.3 is 15.4 Å². The number of aromatic nitrogens is 1. The fourth-order valence-electron chi connectivity index (χ4n) is 4.42. The molecule has 0 spiro atoms. The van der Waals surface area contributed by atoms with Gasteiger partial charge in [0.15, 0.2) is 0 Å². The summed E-state index contributed by atoms with van der Waals surface area (Å²) in [5.74, 6) is 1.17. The lowest BCUT2D eigenvalue weighted by molar-refractivity contribution is 0.0845. The molecule has 2 heterocycles. The summed E-state index contributed by atoms with van der Waals surface area (Å²) in [5.41, 5.74) is 6.19. The second-order valence-corrected chi connectivity index (χ2v) is 8.50. The molecule has 1 amide bonds. The molecule has 1 saturated carbocycles. The maximum Gasteiger partial charge on any atom is 0.250 e. The molecular formula is C23H27Cl2N5O2. The number of pyridine rings is 1. The normalized spacial score (nSPS) is 21.3. The second kappa shape index (κ2) is 10.9. The number of hydrogen-bond donors (Lipinski definition) is 1. The fourth-order valence-corrected chi connectivity index (χ4v) is 4.63. The average Bonchev–Trinajstić information content (AvgIpc) is 2.80. The third-order valence-corrected chi connectivity index (χ3v) is 6.51. The molecule has 1 aromatic carbocycles. The Morgan fingerprint density at radius 3 is 2.41 bits per heavy atom. The van der Waals surface area contributed by atoms with Crippen LogP contribution in [0.15, 0.2) is 36.5 Å². The van der Waals surface area contributed by atoms with Crippen molar-refractivity contribution in [2.45, 2.75) is 37.8 Å². The number of anilines is 1. The zero-order chi connectivity index (χ0) is 21.8. The minimum absolute atomic E-state index is 0. The third-order valence-electron chi connectivity index (χ3n) is 6.19. The molecule has 0 bridgehead atoms. The summed E-state index contributed by atoms with van der Waals surface area (Å²) < 4.78 is 6.11. The smallest absolute Gasteiger partial charge is 0.250 e. The maximum atomic E-state index is 11.2. The van der Waals surface area contributed by atoms with E-state index in [4.69, 9.17) is 27.3 Å². The van der Waals surface area contributed by atoms with Gasteiger partial charge in [0.25, 0.3) is 0 Å². The zero-order valence-electron chi connectivity index (χ0n) is 17.7. The van der Waals surface area contributed by atoms with Crippen LogP contribution in [-0.2, 0) is 0 Å². The maximum absolute atomic E-state index is 11.2. The van der Waals surface area contributed by atoms with Gasteiger partial charge in [-0.3, -0.25) is 9.69 Å². The van der Waals surface area contributed by atoms with Gasteiger partial charge in [0.1, 0.15) is 17.6 Å². The molecule has 2 fully saturated rings. The molecule has 0 radical (unpaired) electrons. The van der Waals surface area contributed by atoms with Gasteiger partial charge in [0.2, 0.25) is 5.91 Å². The molecule has 2 aromatic rings. The largest absolute Gasteiger partial charge is 0.490 e. The minimum Gasteiger partial charge on any atom is -0.490 e. The van der Waals surface area contributed by atoms with E-state index in [-0.39, 0.29) is 18.5 Å². The first-order valence-electron chi connectivity index (χ1n) is 10.6. The summed E-state index contributed by atoms with van der Waals surface area (Å²) >= 11 is 6.11. The first kappa shape index (κ1) is 24.1. The molecule has 9 heteroatoms. The van der Waals surface area contributed by atoms with Crippen LogP contribution in [0.5, 0.6) is 5.75 Å². The number of halogens is 2. The highest BCUT2D eigenvalue weighted by molar-refractivity contribution is 6.31. The Morgan fingerprint density at radius 1 is 1.12 bits per heavy atom. The molecule has 170 valence electrons. The Balaban J connectivity index is 0.00000289. The number of primary amides is 1. The molecule has 2 aliphatic rings. The van der Waals surface area contributed by atoms with Crippen LogP contribution in [0, 0.1) is 11.3 Å². The van der Waals surface area contributed by atoms with Crippen molar-refractivity contribution in [3.63, 3.8) is 0 Å². The van der Waals surface area contributed by atoms with E-state index in [1.807, 2.05) is 12.1 Å². The highest BCUT2D eigenvalue weighted by Gasteiger charge is 2.29. The van der Waals surface area contributed by atoms with Crippen molar-refractivity contribution in [3.8, 4) is 11.8 Å². The number of nitrogens with two attached hydrogens (primary N) is 1. The van der Waals surface area contributed by atoms with Crippen molar-refractivity contribution in [2.75, 3.05) is 31.1 Å². The molecule has 0 atom stereocenters. The number of amides is 1. The first-order valence-corrected chi connectivity index (χ1v) is 11.0. The van der Waals surface area contributed by atoms with Crippen LogP contribution in [0.4, 0.5) is 5.82 Å². The fraction of sp³-hybridized carbons (Fsp3) is 0.435. The van der Waals surface area contributed by atoms with Crippen molar-refractivity contribution in [1.29, 1.82) is 5.26 Å². The molecule has 1 aliphatic heterocycles. The molecule has 7 nitrogen and oxygen atoms in total. The Hall–Kier alpha value is -2.53. The molecule has 2 N–H and O–H groups in total. The van der Waals surface area contributed by atoms with E-state index in [1.165, 1.54) is 0 Å². The Bertz CT molecular complexity index is 963. The summed E-state index contributed by atoms with van der Waals surface area (Å²) in [5, 5.41) is 9.43. The van der Waals surface area contributed by atoms with Gasteiger partial charge in [0, 0.05) is 44.5 Å². The van der Waals surface area contributed by atoms with Gasteiger partial charge in [-0.05, 0) is 49.9 Å². The number of ether oxygens (including phenoxy) is 1. The van der Waals surface area contributed by atoms with Gasteiger partial charge in [-0.1, -0.05) is 11.6 Å². The van der Waals surface area contributed by atoms with Crippen molar-refractivity contribution >= 4 is 35.7 Å². The second-order valence-electron chi connectivity index (χ2n) is 8.09. The van der Waals surface area contributed by atoms with Gasteiger partial charge in [0.05, 0.1) is 22.3 Å². The van der Waals surface area contributed by atoms with E-state index in [0.29, 0.717) is 22.2 Å². The monoisotopic (exact) mass is 475 g/mol. The number of nitrogens with zero attached hydrogens (tertiary/aromatic N) is 4. The van der Waals surface area contributed by atoms with E-state index in [0.717, 1.165) is 63.4 Å². The van der Waals surface area contributed by atoms with Gasteiger partial charge in [-0.15, -0.1) is 12.4 Å². The summed E-state index contributed by atoms with van der Waals surface area (Å²) in [6, 6.07) is 11.5. The molecular weight excluding hydrogens is 449 g/mol. The lowest BCUT2D eigenvalue weighted by Gasteiger charge is -2.42. The topological polar surface area (TPSA) is 95.5 Å². The van der Waals surface area contributed by atoms with E-state index in [1.54, 1.807) is 24.4 Å². The number of carbonyl (C=O) groups is 1. The molecule has 4 rings (SSSR count). The SMILES string of the molecule is Cl.N#Cc1ccc(OC2CCC(N3CCN(c4ccc(C(N)=O)cn4)CC3)CC2)cc1Cl. The third kappa shape index (κ3) is 5.63. The van der Waals surface area contributed by atoms with Crippen LogP contribution in [-0.4, -0.2) is 54.1 Å². The number of piperazine rings is 1. The van der Waals surface area contributed by atoms with E-state index < -0.39 is 5.91 Å². The summed E-state index contributed by atoms with van der Waals surface area (Å²) in [6.07, 6.45) is 5.99. The van der Waals surface area contributed by atoms with Crippen LogP contribution >= 0.6 is 24.0 Å². The van der Waals surface area contributed by atoms with Crippen LogP contribution in [0.3, 0.4) is 0 Å². The van der Waals surface area contributed by atoms with Crippen LogP contribution in [0.25, 0.3) is 0 Å². The summed E-state index contributed by atoms with van der Waals surface area (Å²) in [6.45, 7) is 3.84. The van der Waals surface area contributed by atoms with Gasteiger partial charge in [-0.25, -0.2) is 4.98 Å². The molecule has 1 saturated heterocycles. The highest BCUT2D eigenvalue weighted by Crippen LogP contribution is 2.29. The molecule has 32 heavy (non-hydrogen) atoms. The Kier molecular flexibility index (Phi) is 8.19. The Morgan fingerprint density at radius 2 is 1.84 bits per heavy atom. The van der Waals surface area contributed by atoms with Crippen molar-refractivity contribution in [3.05, 3.63) is 52.7 Å². The number of hydrogen-bond acceptors (Lipinski definition) is 6. The molecule has 1 aromatic heterocycles. The zero-order valence-corrected chi connectivity index (χ0v) is 19.3. The summed E-state index contributed by atoms with van der Waals surface area (Å²) in [7, 11) is 0. The number of carbonyl (C=O) groups excluding carboxylic acids is 1. The number of benzene rings is 1. The van der Waals surface area contributed by atoms with Crippen molar-refractivity contribution < 1.29 is 9.53 Å². The van der Waals surface area contributed by atoms with E-state index in [2.05, 4.69) is 20.9 Å². The van der Waals surface area contributed by atoms with Crippen LogP contribution in [0.1, 0.15) is 41.6 Å². The van der Waals surface area contributed by atoms with Crippen LogP contribution < -0.4 is 15.4 Å². The quantitative estimate of drug-likeness (QED) is 0.708. The lowest BCUT2D eigenvalue weighted by Crippen LogP contribution is -2.51. The van der Waals surface area contributed by atoms with Gasteiger partial charge >= 0.3 is 0 Å². The lowest BCUT2D eigenvalue weighted by atomic mass is 9.91. The van der Waals surface area contributed by atoms with Crippen LogP contribution in [0.2, 0.25) is 5.02 Å². The first-order chi connectivity index (χ1) is 15.0. The van der Waals surface area contributed by atoms with Gasteiger partial charge in [-0.2, -0.15) is 5.26 Å². The van der Waals surface area contributed by atoms with Crippen molar-refractivity contribution in [2.24, 2.45) is 5.73 Å². The number of nitriles is 1. The predicted octanol–water partition coefficient (Wildman–Crippen LogP) is 3.64. The standard InChI is InChI=1S/C23H26ClN5O2.ClH/c24-21-13-20(5-1-16(21)14-25)31-19-6-3-18(4-7-19)28-9-11-29(12-10-28)22-8-2-17(15-27-22)23(26)30;/h1-2,5,8,13,15,18-19H,3-4,6-7,9-12H2,(H2,26,30);1H. The molecule has 1 aliphatic carbocycles. The predicted molar refractivity (Wildman–Crippen MR) is 127 cm³/mol. The average molecular weight is 476 g/mol.